The number of para-hydroxylation sites is 3. The molecule has 1 atom stereocenters. The van der Waals surface area contributed by atoms with Gasteiger partial charge in [-0.2, -0.15) is 0 Å². The smallest absolute Gasteiger partial charge is 0.274 e. The van der Waals surface area contributed by atoms with Crippen LogP contribution in [0.3, 0.4) is 0 Å². The minimum atomic E-state index is 0.00377. The lowest BCUT2D eigenvalue weighted by Crippen LogP contribution is -2.22. The van der Waals surface area contributed by atoms with Gasteiger partial charge < -0.3 is 4.57 Å². The molecule has 5 heteroatoms. The average Bonchev–Trinajstić information content (AvgIpc) is 3.33. The molecular weight excluding hydrogens is 354 g/mol. The fraction of sp³-hybridized carbons (Fsp3) is 0.182. The highest BCUT2D eigenvalue weighted by Crippen LogP contribution is 2.26. The van der Waals surface area contributed by atoms with Gasteiger partial charge in [-0.25, -0.2) is 9.38 Å². The van der Waals surface area contributed by atoms with E-state index >= 15 is 0 Å². The van der Waals surface area contributed by atoms with Crippen molar-refractivity contribution in [2.75, 3.05) is 0 Å². The third-order valence-corrected chi connectivity index (χ3v) is 6.24. The number of thiazole rings is 1. The molecule has 1 unspecified atom stereocenters. The van der Waals surface area contributed by atoms with Gasteiger partial charge in [-0.3, -0.25) is 4.79 Å². The number of rotatable bonds is 3. The fourth-order valence-electron chi connectivity index (χ4n) is 3.66. The second kappa shape index (κ2) is 6.06. The zero-order valence-corrected chi connectivity index (χ0v) is 16.0. The molecule has 3 aromatic heterocycles. The van der Waals surface area contributed by atoms with Gasteiger partial charge in [0.1, 0.15) is 0 Å². The topological polar surface area (TPSA) is 39.3 Å². The molecule has 4 nitrogen and oxygen atoms in total. The second-order valence-corrected chi connectivity index (χ2v) is 7.91. The zero-order valence-electron chi connectivity index (χ0n) is 15.2. The second-order valence-electron chi connectivity index (χ2n) is 6.90. The summed E-state index contributed by atoms with van der Waals surface area (Å²) in [5, 5.41) is 1.17. The van der Waals surface area contributed by atoms with Crippen molar-refractivity contribution in [3.05, 3.63) is 75.2 Å². The largest absolute Gasteiger partial charge is 0.344 e. The number of nitrogens with zero attached hydrogens (tertiary/aromatic N) is 3. The third kappa shape index (κ3) is 2.42. The molecule has 0 spiro atoms. The van der Waals surface area contributed by atoms with Gasteiger partial charge in [-0.1, -0.05) is 48.6 Å². The van der Waals surface area contributed by atoms with Gasteiger partial charge in [0.25, 0.3) is 5.56 Å². The maximum Gasteiger partial charge on any atom is 0.274 e. The first-order chi connectivity index (χ1) is 13.2. The maximum atomic E-state index is 13.0. The van der Waals surface area contributed by atoms with Crippen LogP contribution in [0.25, 0.3) is 33.0 Å². The van der Waals surface area contributed by atoms with Crippen molar-refractivity contribution in [1.29, 1.82) is 0 Å². The number of hydrogen-bond acceptors (Lipinski definition) is 3. The van der Waals surface area contributed by atoms with Crippen LogP contribution in [0.4, 0.5) is 0 Å². The van der Waals surface area contributed by atoms with Gasteiger partial charge in [0.15, 0.2) is 4.96 Å². The Balaban J connectivity index is 1.78. The number of imidazole rings is 1. The van der Waals surface area contributed by atoms with E-state index in [0.717, 1.165) is 32.5 Å². The van der Waals surface area contributed by atoms with E-state index in [1.165, 1.54) is 22.2 Å². The van der Waals surface area contributed by atoms with E-state index in [4.69, 9.17) is 0 Å². The van der Waals surface area contributed by atoms with Crippen LogP contribution in [0.15, 0.2) is 59.5 Å². The monoisotopic (exact) mass is 373 g/mol. The first-order valence-corrected chi connectivity index (χ1v) is 10.0. The number of hydrogen-bond donors (Lipinski definition) is 0. The van der Waals surface area contributed by atoms with Gasteiger partial charge in [-0.15, -0.1) is 0 Å². The summed E-state index contributed by atoms with van der Waals surface area (Å²) < 4.78 is 4.75. The van der Waals surface area contributed by atoms with E-state index in [1.54, 1.807) is 4.40 Å². The maximum absolute atomic E-state index is 13.0. The highest BCUT2D eigenvalue weighted by atomic mass is 32.1. The van der Waals surface area contributed by atoms with Crippen LogP contribution in [0.5, 0.6) is 0 Å². The number of benzene rings is 2. The van der Waals surface area contributed by atoms with Crippen LogP contribution in [0, 0.1) is 0 Å². The van der Waals surface area contributed by atoms with Crippen LogP contribution < -0.4 is 10.1 Å². The van der Waals surface area contributed by atoms with E-state index in [2.05, 4.69) is 47.8 Å². The molecule has 0 aliphatic heterocycles. The standard InChI is InChI=1S/C22H19N3OS/c1-3-14(2)24-13-15(16-8-4-6-10-18(16)24)12-20-21(26)25-19-11-7-5-9-17(19)23-22(25)27-20/h4-14H,3H2,1-2H3. The van der Waals surface area contributed by atoms with E-state index in [1.807, 2.05) is 36.4 Å². The molecule has 0 N–H and O–H groups in total. The van der Waals surface area contributed by atoms with Gasteiger partial charge in [0.2, 0.25) is 0 Å². The van der Waals surface area contributed by atoms with Crippen LogP contribution >= 0.6 is 11.3 Å². The van der Waals surface area contributed by atoms with Crippen molar-refractivity contribution in [2.24, 2.45) is 0 Å². The lowest BCUT2D eigenvalue weighted by atomic mass is 10.2. The average molecular weight is 373 g/mol. The summed E-state index contributed by atoms with van der Waals surface area (Å²) in [5.41, 5.74) is 4.02. The summed E-state index contributed by atoms with van der Waals surface area (Å²) in [5.74, 6) is 0. The molecule has 0 saturated carbocycles. The Morgan fingerprint density at radius 3 is 2.67 bits per heavy atom. The Kier molecular flexibility index (Phi) is 3.65. The minimum absolute atomic E-state index is 0.00377. The molecule has 0 bridgehead atoms. The Labute approximate surface area is 160 Å². The van der Waals surface area contributed by atoms with Gasteiger partial charge >= 0.3 is 0 Å². The Bertz CT molecular complexity index is 1410. The van der Waals surface area contributed by atoms with E-state index in [-0.39, 0.29) is 5.56 Å². The van der Waals surface area contributed by atoms with Crippen molar-refractivity contribution < 1.29 is 0 Å². The highest BCUT2D eigenvalue weighted by Gasteiger charge is 2.13. The number of fused-ring (bicyclic) bond motifs is 4. The van der Waals surface area contributed by atoms with Crippen molar-refractivity contribution in [3.63, 3.8) is 0 Å². The summed E-state index contributed by atoms with van der Waals surface area (Å²) in [6, 6.07) is 16.6. The zero-order chi connectivity index (χ0) is 18.5. The van der Waals surface area contributed by atoms with Crippen molar-refractivity contribution in [3.8, 4) is 0 Å². The van der Waals surface area contributed by atoms with Crippen LogP contribution in [0.2, 0.25) is 0 Å². The van der Waals surface area contributed by atoms with Gasteiger partial charge in [0.05, 0.1) is 15.6 Å². The Morgan fingerprint density at radius 2 is 1.85 bits per heavy atom. The fourth-order valence-corrected chi connectivity index (χ4v) is 4.64. The van der Waals surface area contributed by atoms with Crippen molar-refractivity contribution >= 4 is 44.3 Å². The predicted octanol–water partition coefficient (Wildman–Crippen LogP) is 4.38. The predicted molar refractivity (Wildman–Crippen MR) is 113 cm³/mol. The number of aromatic nitrogens is 3. The van der Waals surface area contributed by atoms with E-state index in [9.17, 15) is 4.79 Å². The lowest BCUT2D eigenvalue weighted by Gasteiger charge is -2.12. The van der Waals surface area contributed by atoms with E-state index < -0.39 is 0 Å². The highest BCUT2D eigenvalue weighted by molar-refractivity contribution is 7.15. The summed E-state index contributed by atoms with van der Waals surface area (Å²) in [4.78, 5) is 18.4. The molecule has 0 radical (unpaired) electrons. The molecule has 3 heterocycles. The van der Waals surface area contributed by atoms with E-state index in [0.29, 0.717) is 6.04 Å². The molecule has 0 aliphatic rings. The first-order valence-electron chi connectivity index (χ1n) is 9.18. The van der Waals surface area contributed by atoms with Gasteiger partial charge in [0, 0.05) is 28.7 Å². The molecular formula is C22H19N3OS. The Morgan fingerprint density at radius 1 is 1.11 bits per heavy atom. The molecule has 0 saturated heterocycles. The summed E-state index contributed by atoms with van der Waals surface area (Å²) in [6.07, 6.45) is 5.24. The summed E-state index contributed by atoms with van der Waals surface area (Å²) in [6.45, 7) is 4.42. The van der Waals surface area contributed by atoms with Crippen LogP contribution in [-0.4, -0.2) is 14.0 Å². The molecule has 0 aliphatic carbocycles. The van der Waals surface area contributed by atoms with Crippen molar-refractivity contribution in [2.45, 2.75) is 26.3 Å². The summed E-state index contributed by atoms with van der Waals surface area (Å²) in [7, 11) is 0. The molecule has 27 heavy (non-hydrogen) atoms. The third-order valence-electron chi connectivity index (χ3n) is 5.27. The Hall–Kier alpha value is -2.92. The molecule has 2 aromatic carbocycles. The lowest BCUT2D eigenvalue weighted by molar-refractivity contribution is 0.548. The SMILES string of the molecule is CCC(C)n1cc(C=c2sc3nc4ccccc4n3c2=O)c2ccccc21. The molecule has 134 valence electrons. The van der Waals surface area contributed by atoms with Crippen molar-refractivity contribution in [1.82, 2.24) is 14.0 Å². The summed E-state index contributed by atoms with van der Waals surface area (Å²) >= 11 is 1.45. The molecule has 5 rings (SSSR count). The molecule has 5 aromatic rings. The molecule has 0 amide bonds. The normalized spacial score (nSPS) is 13.9. The quantitative estimate of drug-likeness (QED) is 0.471. The first kappa shape index (κ1) is 16.3. The van der Waals surface area contributed by atoms with Crippen LogP contribution in [0.1, 0.15) is 31.9 Å². The van der Waals surface area contributed by atoms with Crippen LogP contribution in [-0.2, 0) is 0 Å². The van der Waals surface area contributed by atoms with Gasteiger partial charge in [-0.05, 0) is 37.6 Å². The molecule has 0 fully saturated rings. The minimum Gasteiger partial charge on any atom is -0.344 e.